The second-order valence-corrected chi connectivity index (χ2v) is 3.66. The highest BCUT2D eigenvalue weighted by Crippen LogP contribution is 2.40. The third-order valence-corrected chi connectivity index (χ3v) is 2.70. The number of hydrogen-bond acceptors (Lipinski definition) is 2. The maximum atomic E-state index is 5.80. The van der Waals surface area contributed by atoms with E-state index in [1.54, 1.807) is 0 Å². The van der Waals surface area contributed by atoms with E-state index in [1.165, 1.54) is 11.1 Å². The molecule has 3 heteroatoms. The molecule has 1 fully saturated rings. The second kappa shape index (κ2) is 2.33. The van der Waals surface area contributed by atoms with Crippen LogP contribution in [-0.2, 0) is 0 Å². The van der Waals surface area contributed by atoms with Crippen molar-refractivity contribution in [3.8, 4) is 0 Å². The lowest BCUT2D eigenvalue weighted by atomic mass is 10.1. The molecule has 3 nitrogen and oxygen atoms in total. The molecular weight excluding hydrogens is 162 g/mol. The van der Waals surface area contributed by atoms with E-state index in [2.05, 4.69) is 16.3 Å². The van der Waals surface area contributed by atoms with Gasteiger partial charge in [-0.1, -0.05) is 18.2 Å². The Kier molecular flexibility index (Phi) is 1.27. The fourth-order valence-electron chi connectivity index (χ4n) is 1.81. The number of para-hydroxylation sites is 1. The Balaban J connectivity index is 2.19. The molecule has 0 bridgehead atoms. The predicted octanol–water partition coefficient (Wildman–Crippen LogP) is 1.38. The summed E-state index contributed by atoms with van der Waals surface area (Å²) in [5.74, 6) is 0.507. The Morgan fingerprint density at radius 1 is 1.38 bits per heavy atom. The number of hydrogen-bond donors (Lipinski definition) is 2. The van der Waals surface area contributed by atoms with E-state index in [4.69, 9.17) is 5.73 Å². The lowest BCUT2D eigenvalue weighted by molar-refractivity contribution is 0.927. The van der Waals surface area contributed by atoms with Gasteiger partial charge >= 0.3 is 0 Å². The zero-order chi connectivity index (χ0) is 8.84. The van der Waals surface area contributed by atoms with Gasteiger partial charge in [0.15, 0.2) is 0 Å². The van der Waals surface area contributed by atoms with Gasteiger partial charge in [0.2, 0.25) is 0 Å². The molecule has 2 unspecified atom stereocenters. The Bertz CT molecular complexity index is 446. The van der Waals surface area contributed by atoms with Gasteiger partial charge in [0, 0.05) is 23.0 Å². The number of H-pyrrole nitrogens is 1. The van der Waals surface area contributed by atoms with Crippen LogP contribution in [0.25, 0.3) is 10.9 Å². The largest absolute Gasteiger partial charge is 0.327 e. The quantitative estimate of drug-likeness (QED) is 0.684. The summed E-state index contributed by atoms with van der Waals surface area (Å²) in [4.78, 5) is 0. The molecule has 1 aromatic heterocycles. The minimum atomic E-state index is 0.337. The van der Waals surface area contributed by atoms with Gasteiger partial charge in [-0.2, -0.15) is 5.10 Å². The molecule has 0 saturated heterocycles. The molecule has 0 spiro atoms. The van der Waals surface area contributed by atoms with Gasteiger partial charge in [0.1, 0.15) is 0 Å². The molecule has 0 aliphatic heterocycles. The maximum absolute atomic E-state index is 5.80. The average Bonchev–Trinajstić information content (AvgIpc) is 2.74. The summed E-state index contributed by atoms with van der Waals surface area (Å²) < 4.78 is 0. The molecule has 0 radical (unpaired) electrons. The van der Waals surface area contributed by atoms with Crippen LogP contribution in [0.4, 0.5) is 0 Å². The molecule has 2 aromatic rings. The number of aromatic amines is 1. The number of fused-ring (bicyclic) bond motifs is 1. The van der Waals surface area contributed by atoms with Gasteiger partial charge in [-0.15, -0.1) is 0 Å². The van der Waals surface area contributed by atoms with Crippen molar-refractivity contribution in [1.29, 1.82) is 0 Å². The van der Waals surface area contributed by atoms with Crippen LogP contribution >= 0.6 is 0 Å². The van der Waals surface area contributed by atoms with Crippen molar-refractivity contribution >= 4 is 10.9 Å². The van der Waals surface area contributed by atoms with E-state index in [0.717, 1.165) is 11.9 Å². The second-order valence-electron chi connectivity index (χ2n) is 3.66. The molecule has 66 valence electrons. The van der Waals surface area contributed by atoms with E-state index in [9.17, 15) is 0 Å². The van der Waals surface area contributed by atoms with Crippen LogP contribution in [0, 0.1) is 0 Å². The van der Waals surface area contributed by atoms with Crippen LogP contribution in [-0.4, -0.2) is 16.2 Å². The van der Waals surface area contributed by atoms with Crippen molar-refractivity contribution in [1.82, 2.24) is 10.2 Å². The highest BCUT2D eigenvalue weighted by molar-refractivity contribution is 5.82. The van der Waals surface area contributed by atoms with Gasteiger partial charge in [-0.25, -0.2) is 0 Å². The van der Waals surface area contributed by atoms with Gasteiger partial charge in [0.25, 0.3) is 0 Å². The number of benzene rings is 1. The van der Waals surface area contributed by atoms with Crippen LogP contribution in [0.1, 0.15) is 18.0 Å². The minimum absolute atomic E-state index is 0.337. The summed E-state index contributed by atoms with van der Waals surface area (Å²) >= 11 is 0. The maximum Gasteiger partial charge on any atom is 0.0923 e. The van der Waals surface area contributed by atoms with Gasteiger partial charge < -0.3 is 5.73 Å². The van der Waals surface area contributed by atoms with Crippen molar-refractivity contribution in [2.75, 3.05) is 0 Å². The fraction of sp³-hybridized carbons (Fsp3) is 0.300. The molecule has 13 heavy (non-hydrogen) atoms. The third-order valence-electron chi connectivity index (χ3n) is 2.70. The number of nitrogens with two attached hydrogens (primary N) is 1. The van der Waals surface area contributed by atoms with E-state index in [0.29, 0.717) is 12.0 Å². The standard InChI is InChI=1S/C10H11N3/c11-8-5-7(8)10-6-3-1-2-4-9(6)12-13-10/h1-4,7-8H,5,11H2,(H,12,13). The molecular formula is C10H11N3. The first-order chi connectivity index (χ1) is 6.36. The zero-order valence-corrected chi connectivity index (χ0v) is 7.20. The summed E-state index contributed by atoms with van der Waals surface area (Å²) in [6.45, 7) is 0. The topological polar surface area (TPSA) is 54.7 Å². The number of aromatic nitrogens is 2. The van der Waals surface area contributed by atoms with E-state index < -0.39 is 0 Å². The molecule has 1 saturated carbocycles. The molecule has 1 aromatic carbocycles. The number of rotatable bonds is 1. The third kappa shape index (κ3) is 0.971. The molecule has 1 aliphatic carbocycles. The monoisotopic (exact) mass is 173 g/mol. The summed E-state index contributed by atoms with van der Waals surface area (Å²) in [5.41, 5.74) is 8.05. The van der Waals surface area contributed by atoms with E-state index in [1.807, 2.05) is 18.2 Å². The molecule has 3 N–H and O–H groups in total. The lowest BCUT2D eigenvalue weighted by Gasteiger charge is -1.92. The van der Waals surface area contributed by atoms with Crippen LogP contribution in [0.15, 0.2) is 24.3 Å². The molecule has 2 atom stereocenters. The van der Waals surface area contributed by atoms with Crippen molar-refractivity contribution in [3.63, 3.8) is 0 Å². The first-order valence-corrected chi connectivity index (χ1v) is 4.55. The highest BCUT2D eigenvalue weighted by atomic mass is 15.1. The Morgan fingerprint density at radius 2 is 2.15 bits per heavy atom. The molecule has 1 aliphatic rings. The van der Waals surface area contributed by atoms with Gasteiger partial charge in [0.05, 0.1) is 5.52 Å². The highest BCUT2D eigenvalue weighted by Gasteiger charge is 2.37. The van der Waals surface area contributed by atoms with Crippen molar-refractivity contribution in [3.05, 3.63) is 30.0 Å². The van der Waals surface area contributed by atoms with Crippen LogP contribution in [0.2, 0.25) is 0 Å². The Morgan fingerprint density at radius 3 is 2.92 bits per heavy atom. The van der Waals surface area contributed by atoms with E-state index >= 15 is 0 Å². The normalized spacial score (nSPS) is 26.5. The molecule has 0 amide bonds. The minimum Gasteiger partial charge on any atom is -0.327 e. The van der Waals surface area contributed by atoms with Crippen molar-refractivity contribution in [2.24, 2.45) is 5.73 Å². The van der Waals surface area contributed by atoms with Crippen LogP contribution in [0.3, 0.4) is 0 Å². The van der Waals surface area contributed by atoms with Gasteiger partial charge in [-0.3, -0.25) is 5.10 Å². The number of nitrogens with one attached hydrogen (secondary N) is 1. The summed E-state index contributed by atoms with van der Waals surface area (Å²) in [5, 5.41) is 8.53. The lowest BCUT2D eigenvalue weighted by Crippen LogP contribution is -2.01. The summed E-state index contributed by atoms with van der Waals surface area (Å²) in [6.07, 6.45) is 1.09. The smallest absolute Gasteiger partial charge is 0.0923 e. The zero-order valence-electron chi connectivity index (χ0n) is 7.20. The first kappa shape index (κ1) is 7.09. The van der Waals surface area contributed by atoms with Gasteiger partial charge in [-0.05, 0) is 12.5 Å². The SMILES string of the molecule is NC1CC1c1[nH]nc2ccccc12. The van der Waals surface area contributed by atoms with Crippen molar-refractivity contribution < 1.29 is 0 Å². The Labute approximate surface area is 75.9 Å². The van der Waals surface area contributed by atoms with Crippen LogP contribution < -0.4 is 5.73 Å². The predicted molar refractivity (Wildman–Crippen MR) is 51.4 cm³/mol. The summed E-state index contributed by atoms with van der Waals surface area (Å²) in [6, 6.07) is 8.49. The molecule has 3 rings (SSSR count). The molecule has 1 heterocycles. The van der Waals surface area contributed by atoms with E-state index in [-0.39, 0.29) is 0 Å². The van der Waals surface area contributed by atoms with Crippen molar-refractivity contribution in [2.45, 2.75) is 18.4 Å². The Hall–Kier alpha value is -1.35. The fourth-order valence-corrected chi connectivity index (χ4v) is 1.81. The number of nitrogens with zero attached hydrogens (tertiary/aromatic N) is 1. The van der Waals surface area contributed by atoms with Crippen LogP contribution in [0.5, 0.6) is 0 Å². The first-order valence-electron chi connectivity index (χ1n) is 4.55. The average molecular weight is 173 g/mol. The summed E-state index contributed by atoms with van der Waals surface area (Å²) in [7, 11) is 0.